The van der Waals surface area contributed by atoms with E-state index in [0.717, 1.165) is 38.7 Å². The predicted octanol–water partition coefficient (Wildman–Crippen LogP) is 2.73. The lowest BCUT2D eigenvalue weighted by Gasteiger charge is -2.56. The lowest BCUT2D eigenvalue weighted by molar-refractivity contribution is -0.168. The number of nitrogens with zero attached hydrogens (tertiary/aromatic N) is 1. The number of halogens is 1. The first-order valence-corrected chi connectivity index (χ1v) is 8.00. The van der Waals surface area contributed by atoms with Crippen LogP contribution >= 0.6 is 12.4 Å². The van der Waals surface area contributed by atoms with Gasteiger partial charge in [0.1, 0.15) is 0 Å². The molecule has 124 valence electrons. The number of rotatable bonds is 4. The lowest BCUT2D eigenvalue weighted by atomic mass is 9.63. The summed E-state index contributed by atoms with van der Waals surface area (Å²) in [6.07, 6.45) is 6.21. The summed E-state index contributed by atoms with van der Waals surface area (Å²) < 4.78 is 5.75. The molecule has 5 heteroatoms. The standard InChI is InChI=1S/C16H30N2O2.ClH/c1-5-20-13-11-12(15(13,2)3)18(4)14(19)16(17)9-7-6-8-10-16;/h12-13H,5-11,17H2,1-4H3;1H. The summed E-state index contributed by atoms with van der Waals surface area (Å²) in [6, 6.07) is 0.244. The molecule has 2 rings (SSSR count). The van der Waals surface area contributed by atoms with Crippen LogP contribution in [0.5, 0.6) is 0 Å². The highest BCUT2D eigenvalue weighted by atomic mass is 35.5. The number of ether oxygens (including phenoxy) is 1. The maximum absolute atomic E-state index is 12.8. The molecule has 2 aliphatic carbocycles. The number of nitrogens with two attached hydrogens (primary N) is 1. The first-order valence-electron chi connectivity index (χ1n) is 8.00. The molecule has 0 bridgehead atoms. The minimum atomic E-state index is -0.625. The Hall–Kier alpha value is -0.320. The summed E-state index contributed by atoms with van der Waals surface area (Å²) in [5.41, 5.74) is 5.77. The van der Waals surface area contributed by atoms with E-state index in [-0.39, 0.29) is 35.9 Å². The molecule has 21 heavy (non-hydrogen) atoms. The topological polar surface area (TPSA) is 55.6 Å². The molecular weight excluding hydrogens is 288 g/mol. The van der Waals surface area contributed by atoms with Crippen LogP contribution in [0.25, 0.3) is 0 Å². The quantitative estimate of drug-likeness (QED) is 0.867. The average Bonchev–Trinajstić information content (AvgIpc) is 2.42. The normalized spacial score (nSPS) is 30.0. The maximum Gasteiger partial charge on any atom is 0.242 e. The van der Waals surface area contributed by atoms with Crippen molar-refractivity contribution in [3.05, 3.63) is 0 Å². The molecule has 0 aliphatic heterocycles. The van der Waals surface area contributed by atoms with Gasteiger partial charge in [0.15, 0.2) is 0 Å². The zero-order valence-corrected chi connectivity index (χ0v) is 14.7. The van der Waals surface area contributed by atoms with Gasteiger partial charge in [-0.3, -0.25) is 4.79 Å². The molecule has 0 heterocycles. The first-order chi connectivity index (χ1) is 9.33. The molecule has 0 aromatic carbocycles. The molecule has 2 atom stereocenters. The van der Waals surface area contributed by atoms with Crippen LogP contribution < -0.4 is 5.73 Å². The van der Waals surface area contributed by atoms with Crippen molar-refractivity contribution in [3.8, 4) is 0 Å². The number of carbonyl (C=O) groups excluding carboxylic acids is 1. The summed E-state index contributed by atoms with van der Waals surface area (Å²) >= 11 is 0. The van der Waals surface area contributed by atoms with Gasteiger partial charge in [-0.1, -0.05) is 33.1 Å². The van der Waals surface area contributed by atoms with E-state index >= 15 is 0 Å². The largest absolute Gasteiger partial charge is 0.378 e. The number of carbonyl (C=O) groups is 1. The first kappa shape index (κ1) is 18.7. The van der Waals surface area contributed by atoms with Gasteiger partial charge in [-0.15, -0.1) is 12.4 Å². The van der Waals surface area contributed by atoms with Crippen LogP contribution in [0.3, 0.4) is 0 Å². The van der Waals surface area contributed by atoms with E-state index in [9.17, 15) is 4.79 Å². The molecule has 0 aromatic rings. The molecule has 2 unspecified atom stereocenters. The minimum Gasteiger partial charge on any atom is -0.378 e. The van der Waals surface area contributed by atoms with Gasteiger partial charge >= 0.3 is 0 Å². The van der Waals surface area contributed by atoms with Crippen molar-refractivity contribution in [2.75, 3.05) is 13.7 Å². The van der Waals surface area contributed by atoms with E-state index in [2.05, 4.69) is 13.8 Å². The number of likely N-dealkylation sites (N-methyl/N-ethyl adjacent to an activating group) is 1. The number of hydrogen-bond acceptors (Lipinski definition) is 3. The Labute approximate surface area is 135 Å². The molecule has 0 aromatic heterocycles. The SMILES string of the molecule is CCOC1CC(N(C)C(=O)C2(N)CCCCC2)C1(C)C.Cl. The van der Waals surface area contributed by atoms with Crippen molar-refractivity contribution in [2.24, 2.45) is 11.1 Å². The Bertz CT molecular complexity index is 367. The highest BCUT2D eigenvalue weighted by Gasteiger charge is 2.53. The number of amides is 1. The summed E-state index contributed by atoms with van der Waals surface area (Å²) in [4.78, 5) is 14.7. The molecule has 1 amide bonds. The van der Waals surface area contributed by atoms with Crippen LogP contribution in [0.2, 0.25) is 0 Å². The van der Waals surface area contributed by atoms with Crippen LogP contribution in [-0.4, -0.2) is 42.1 Å². The number of hydrogen-bond donors (Lipinski definition) is 1. The Morgan fingerprint density at radius 3 is 2.33 bits per heavy atom. The molecule has 0 spiro atoms. The molecule has 0 saturated heterocycles. The summed E-state index contributed by atoms with van der Waals surface area (Å²) in [7, 11) is 1.92. The van der Waals surface area contributed by atoms with Crippen LogP contribution in [0.4, 0.5) is 0 Å². The third kappa shape index (κ3) is 3.38. The van der Waals surface area contributed by atoms with Crippen molar-refractivity contribution in [2.45, 2.75) is 77.0 Å². The maximum atomic E-state index is 12.8. The van der Waals surface area contributed by atoms with Crippen molar-refractivity contribution < 1.29 is 9.53 Å². The lowest BCUT2D eigenvalue weighted by Crippen LogP contribution is -2.66. The Morgan fingerprint density at radius 2 is 1.86 bits per heavy atom. The molecular formula is C16H31ClN2O2. The van der Waals surface area contributed by atoms with Crippen molar-refractivity contribution in [3.63, 3.8) is 0 Å². The third-order valence-electron chi connectivity index (χ3n) is 5.45. The van der Waals surface area contributed by atoms with E-state index in [0.29, 0.717) is 0 Å². The Morgan fingerprint density at radius 1 is 1.29 bits per heavy atom. The highest BCUT2D eigenvalue weighted by Crippen LogP contribution is 2.46. The predicted molar refractivity (Wildman–Crippen MR) is 87.6 cm³/mol. The van der Waals surface area contributed by atoms with Crippen LogP contribution in [0.1, 0.15) is 59.3 Å². The smallest absolute Gasteiger partial charge is 0.242 e. The molecule has 2 fully saturated rings. The van der Waals surface area contributed by atoms with Crippen LogP contribution in [0.15, 0.2) is 0 Å². The van der Waals surface area contributed by atoms with Gasteiger partial charge in [0.2, 0.25) is 5.91 Å². The highest BCUT2D eigenvalue weighted by molar-refractivity contribution is 5.86. The van der Waals surface area contributed by atoms with Crippen LogP contribution in [0, 0.1) is 5.41 Å². The fourth-order valence-corrected chi connectivity index (χ4v) is 3.89. The fraction of sp³-hybridized carbons (Fsp3) is 0.938. The van der Waals surface area contributed by atoms with E-state index in [1.807, 2.05) is 18.9 Å². The van der Waals surface area contributed by atoms with Gasteiger partial charge < -0.3 is 15.4 Å². The van der Waals surface area contributed by atoms with E-state index in [4.69, 9.17) is 10.5 Å². The van der Waals surface area contributed by atoms with E-state index < -0.39 is 5.54 Å². The van der Waals surface area contributed by atoms with Gasteiger partial charge in [-0.25, -0.2) is 0 Å². The molecule has 2 saturated carbocycles. The van der Waals surface area contributed by atoms with Gasteiger partial charge in [-0.2, -0.15) is 0 Å². The second kappa shape index (κ2) is 6.84. The second-order valence-corrected chi connectivity index (χ2v) is 7.15. The summed E-state index contributed by atoms with van der Waals surface area (Å²) in [5.74, 6) is 0.130. The third-order valence-corrected chi connectivity index (χ3v) is 5.45. The second-order valence-electron chi connectivity index (χ2n) is 7.15. The Balaban J connectivity index is 0.00000220. The Kier molecular flexibility index (Phi) is 6.10. The van der Waals surface area contributed by atoms with Crippen LogP contribution in [-0.2, 0) is 9.53 Å². The average molecular weight is 319 g/mol. The summed E-state index contributed by atoms with van der Waals surface area (Å²) in [6.45, 7) is 7.14. The monoisotopic (exact) mass is 318 g/mol. The molecule has 2 aliphatic rings. The van der Waals surface area contributed by atoms with Gasteiger partial charge in [0.25, 0.3) is 0 Å². The molecule has 2 N–H and O–H groups in total. The van der Waals surface area contributed by atoms with Crippen molar-refractivity contribution in [1.29, 1.82) is 0 Å². The van der Waals surface area contributed by atoms with Crippen molar-refractivity contribution >= 4 is 18.3 Å². The molecule has 0 radical (unpaired) electrons. The van der Waals surface area contributed by atoms with Gasteiger partial charge in [-0.05, 0) is 26.2 Å². The zero-order chi connectivity index (χ0) is 15.0. The summed E-state index contributed by atoms with van der Waals surface area (Å²) in [5, 5.41) is 0. The van der Waals surface area contributed by atoms with Gasteiger partial charge in [0.05, 0.1) is 11.6 Å². The zero-order valence-electron chi connectivity index (χ0n) is 13.9. The van der Waals surface area contributed by atoms with Crippen molar-refractivity contribution in [1.82, 2.24) is 4.90 Å². The molecule has 4 nitrogen and oxygen atoms in total. The minimum absolute atomic E-state index is 0. The van der Waals surface area contributed by atoms with Gasteiger partial charge in [0, 0.05) is 25.1 Å². The van der Waals surface area contributed by atoms with E-state index in [1.54, 1.807) is 0 Å². The fourth-order valence-electron chi connectivity index (χ4n) is 3.89. The van der Waals surface area contributed by atoms with E-state index in [1.165, 1.54) is 6.42 Å².